The third-order valence-electron chi connectivity index (χ3n) is 2.68. The molecule has 0 unspecified atom stereocenters. The van der Waals surface area contributed by atoms with Crippen LogP contribution in [0.25, 0.3) is 0 Å². The van der Waals surface area contributed by atoms with Gasteiger partial charge in [-0.15, -0.1) is 0 Å². The van der Waals surface area contributed by atoms with Crippen LogP contribution in [-0.4, -0.2) is 23.5 Å². The summed E-state index contributed by atoms with van der Waals surface area (Å²) in [5, 5.41) is 9.79. The van der Waals surface area contributed by atoms with Crippen molar-refractivity contribution in [1.29, 1.82) is 0 Å². The molecule has 0 fully saturated rings. The largest absolute Gasteiger partial charge is 0.507 e. The van der Waals surface area contributed by atoms with Crippen LogP contribution in [0.3, 0.4) is 0 Å². The molecule has 2 rings (SSSR count). The molecule has 0 aromatic heterocycles. The Bertz CT molecular complexity index is 683. The minimum Gasteiger partial charge on any atom is -0.507 e. The van der Waals surface area contributed by atoms with Gasteiger partial charge in [0.1, 0.15) is 17.1 Å². The standard InChI is InChI=1S/C15H10ClFO4/c16-10-3-6-13(18)12(7-10)15(20)21-8-14(19)9-1-4-11(17)5-2-9/h1-7,18H,8H2. The van der Waals surface area contributed by atoms with Crippen molar-refractivity contribution in [3.05, 3.63) is 64.4 Å². The summed E-state index contributed by atoms with van der Waals surface area (Å²) in [7, 11) is 0. The number of benzene rings is 2. The zero-order valence-electron chi connectivity index (χ0n) is 10.7. The van der Waals surface area contributed by atoms with Crippen LogP contribution >= 0.6 is 11.6 Å². The molecule has 0 heterocycles. The van der Waals surface area contributed by atoms with Crippen LogP contribution in [0, 0.1) is 5.82 Å². The highest BCUT2D eigenvalue weighted by molar-refractivity contribution is 6.31. The average Bonchev–Trinajstić information content (AvgIpc) is 2.47. The molecule has 4 nitrogen and oxygen atoms in total. The Balaban J connectivity index is 2.02. The van der Waals surface area contributed by atoms with Crippen molar-refractivity contribution in [2.24, 2.45) is 0 Å². The lowest BCUT2D eigenvalue weighted by atomic mass is 10.1. The molecule has 0 atom stereocenters. The van der Waals surface area contributed by atoms with Gasteiger partial charge >= 0.3 is 5.97 Å². The van der Waals surface area contributed by atoms with Gasteiger partial charge in [-0.2, -0.15) is 0 Å². The number of rotatable bonds is 4. The number of Topliss-reactive ketones (excluding diaryl/α,β-unsaturated/α-hetero) is 1. The lowest BCUT2D eigenvalue weighted by Gasteiger charge is -2.06. The molecule has 0 saturated heterocycles. The second kappa shape index (κ2) is 6.37. The molecule has 0 aliphatic carbocycles. The van der Waals surface area contributed by atoms with Gasteiger partial charge in [-0.1, -0.05) is 11.6 Å². The minimum absolute atomic E-state index is 0.130. The lowest BCUT2D eigenvalue weighted by Crippen LogP contribution is -2.14. The summed E-state index contributed by atoms with van der Waals surface area (Å²) in [5.74, 6) is -2.11. The molecule has 0 aliphatic rings. The van der Waals surface area contributed by atoms with E-state index in [2.05, 4.69) is 0 Å². The highest BCUT2D eigenvalue weighted by atomic mass is 35.5. The Morgan fingerprint density at radius 2 is 1.81 bits per heavy atom. The fraction of sp³-hybridized carbons (Fsp3) is 0.0667. The summed E-state index contributed by atoms with van der Waals surface area (Å²) in [6, 6.07) is 8.76. The molecule has 0 spiro atoms. The maximum absolute atomic E-state index is 12.7. The summed E-state index contributed by atoms with van der Waals surface area (Å²) in [6.45, 7) is -0.517. The van der Waals surface area contributed by atoms with E-state index in [1.807, 2.05) is 0 Å². The monoisotopic (exact) mass is 308 g/mol. The first-order valence-corrected chi connectivity index (χ1v) is 6.29. The van der Waals surface area contributed by atoms with E-state index in [4.69, 9.17) is 16.3 Å². The van der Waals surface area contributed by atoms with Gasteiger partial charge in [-0.3, -0.25) is 4.79 Å². The van der Waals surface area contributed by atoms with Crippen LogP contribution in [0.1, 0.15) is 20.7 Å². The Labute approximate surface area is 124 Å². The number of phenolic OH excluding ortho intramolecular Hbond substituents is 1. The Hall–Kier alpha value is -2.40. The van der Waals surface area contributed by atoms with Gasteiger partial charge in [0.05, 0.1) is 0 Å². The number of carbonyl (C=O) groups is 2. The second-order valence-electron chi connectivity index (χ2n) is 4.17. The first kappa shape index (κ1) is 15.0. The zero-order chi connectivity index (χ0) is 15.4. The number of phenols is 1. The fourth-order valence-corrected chi connectivity index (χ4v) is 1.77. The fourth-order valence-electron chi connectivity index (χ4n) is 1.60. The summed E-state index contributed by atoms with van der Waals surface area (Å²) >= 11 is 5.71. The molecule has 0 bridgehead atoms. The third-order valence-corrected chi connectivity index (χ3v) is 2.91. The predicted molar refractivity (Wildman–Crippen MR) is 74.1 cm³/mol. The summed E-state index contributed by atoms with van der Waals surface area (Å²) in [6.07, 6.45) is 0. The van der Waals surface area contributed by atoms with Crippen molar-refractivity contribution in [2.75, 3.05) is 6.61 Å². The quantitative estimate of drug-likeness (QED) is 0.696. The molecule has 6 heteroatoms. The zero-order valence-corrected chi connectivity index (χ0v) is 11.4. The van der Waals surface area contributed by atoms with E-state index in [-0.39, 0.29) is 21.9 Å². The molecule has 108 valence electrons. The van der Waals surface area contributed by atoms with Gasteiger partial charge in [0.25, 0.3) is 0 Å². The number of ketones is 1. The summed E-state index contributed by atoms with van der Waals surface area (Å²) in [5.41, 5.74) is 0.0916. The van der Waals surface area contributed by atoms with E-state index in [1.54, 1.807) is 0 Å². The van der Waals surface area contributed by atoms with Crippen molar-refractivity contribution in [1.82, 2.24) is 0 Å². The van der Waals surface area contributed by atoms with Gasteiger partial charge < -0.3 is 9.84 Å². The van der Waals surface area contributed by atoms with E-state index >= 15 is 0 Å². The molecule has 0 amide bonds. The molecule has 1 N–H and O–H groups in total. The first-order valence-electron chi connectivity index (χ1n) is 5.92. The maximum Gasteiger partial charge on any atom is 0.342 e. The van der Waals surface area contributed by atoms with Gasteiger partial charge in [0.2, 0.25) is 0 Å². The van der Waals surface area contributed by atoms with Crippen LogP contribution < -0.4 is 0 Å². The van der Waals surface area contributed by atoms with Gasteiger partial charge in [0.15, 0.2) is 12.4 Å². The predicted octanol–water partition coefficient (Wildman–Crippen LogP) is 3.22. The smallest absolute Gasteiger partial charge is 0.342 e. The van der Waals surface area contributed by atoms with E-state index < -0.39 is 24.2 Å². The normalized spacial score (nSPS) is 10.2. The number of hydrogen-bond donors (Lipinski definition) is 1. The van der Waals surface area contributed by atoms with Gasteiger partial charge in [-0.05, 0) is 42.5 Å². The number of halogens is 2. The van der Waals surface area contributed by atoms with Crippen molar-refractivity contribution in [2.45, 2.75) is 0 Å². The average molecular weight is 309 g/mol. The van der Waals surface area contributed by atoms with Crippen LogP contribution in [0.4, 0.5) is 4.39 Å². The van der Waals surface area contributed by atoms with Crippen molar-refractivity contribution in [3.8, 4) is 5.75 Å². The number of hydrogen-bond acceptors (Lipinski definition) is 4. The second-order valence-corrected chi connectivity index (χ2v) is 4.60. The van der Waals surface area contributed by atoms with Crippen LogP contribution in [0.15, 0.2) is 42.5 Å². The molecule has 2 aromatic rings. The molecule has 21 heavy (non-hydrogen) atoms. The van der Waals surface area contributed by atoms with E-state index in [9.17, 15) is 19.1 Å². The summed E-state index contributed by atoms with van der Waals surface area (Å²) in [4.78, 5) is 23.5. The Morgan fingerprint density at radius 1 is 1.14 bits per heavy atom. The van der Waals surface area contributed by atoms with E-state index in [1.165, 1.54) is 30.3 Å². The topological polar surface area (TPSA) is 63.6 Å². The highest BCUT2D eigenvalue weighted by Crippen LogP contribution is 2.22. The molecule has 0 aliphatic heterocycles. The van der Waals surface area contributed by atoms with Gasteiger partial charge in [0, 0.05) is 10.6 Å². The number of carbonyl (C=O) groups excluding carboxylic acids is 2. The van der Waals surface area contributed by atoms with Crippen LogP contribution in [-0.2, 0) is 4.74 Å². The number of aromatic hydroxyl groups is 1. The number of esters is 1. The third kappa shape index (κ3) is 3.79. The first-order chi connectivity index (χ1) is 9.97. The Kier molecular flexibility index (Phi) is 4.55. The molecular weight excluding hydrogens is 299 g/mol. The van der Waals surface area contributed by atoms with Gasteiger partial charge in [-0.25, -0.2) is 9.18 Å². The van der Waals surface area contributed by atoms with Crippen molar-refractivity contribution >= 4 is 23.4 Å². The number of ether oxygens (including phenoxy) is 1. The molecular formula is C15H10ClFO4. The molecule has 0 saturated carbocycles. The SMILES string of the molecule is O=C(COC(=O)c1cc(Cl)ccc1O)c1ccc(F)cc1. The Morgan fingerprint density at radius 3 is 2.48 bits per heavy atom. The van der Waals surface area contributed by atoms with Crippen molar-refractivity contribution < 1.29 is 23.8 Å². The van der Waals surface area contributed by atoms with E-state index in [0.717, 1.165) is 12.1 Å². The van der Waals surface area contributed by atoms with E-state index in [0.29, 0.717) is 0 Å². The van der Waals surface area contributed by atoms with Crippen LogP contribution in [0.5, 0.6) is 5.75 Å². The lowest BCUT2D eigenvalue weighted by molar-refractivity contribution is 0.0472. The van der Waals surface area contributed by atoms with Crippen LogP contribution in [0.2, 0.25) is 5.02 Å². The highest BCUT2D eigenvalue weighted by Gasteiger charge is 2.15. The maximum atomic E-state index is 12.7. The molecule has 2 aromatic carbocycles. The minimum atomic E-state index is -0.870. The molecule has 0 radical (unpaired) electrons. The summed E-state index contributed by atoms with van der Waals surface area (Å²) < 4.78 is 17.5. The van der Waals surface area contributed by atoms with Crippen molar-refractivity contribution in [3.63, 3.8) is 0 Å².